The van der Waals surface area contributed by atoms with Crippen LogP contribution in [0.5, 0.6) is 0 Å². The molecule has 1 saturated heterocycles. The van der Waals surface area contributed by atoms with Crippen molar-refractivity contribution in [3.05, 3.63) is 33.2 Å². The van der Waals surface area contributed by atoms with Gasteiger partial charge in [0.15, 0.2) is 10.6 Å². The number of thiazole rings is 1. The average molecular weight is 347 g/mol. The Hall–Kier alpha value is -1.45. The van der Waals surface area contributed by atoms with Crippen LogP contribution in [0.3, 0.4) is 0 Å². The first kappa shape index (κ1) is 16.4. The SMILES string of the molecule is Cc1csc2nc(CN3CCC(O)(C(F)(F)F)CC3)cc(=O)n12. The Labute approximate surface area is 134 Å². The molecular formula is C14H16F3N3O2S. The fraction of sp³-hybridized carbons (Fsp3) is 0.571. The minimum Gasteiger partial charge on any atom is -0.380 e. The molecule has 0 radical (unpaired) electrons. The maximum Gasteiger partial charge on any atom is 0.417 e. The number of aryl methyl sites for hydroxylation is 1. The summed E-state index contributed by atoms with van der Waals surface area (Å²) in [6, 6.07) is 1.41. The number of piperidine rings is 1. The highest BCUT2D eigenvalue weighted by Gasteiger charge is 2.54. The number of aromatic nitrogens is 2. The van der Waals surface area contributed by atoms with Gasteiger partial charge < -0.3 is 5.11 Å². The monoisotopic (exact) mass is 347 g/mol. The van der Waals surface area contributed by atoms with Crippen LogP contribution in [0, 0.1) is 6.92 Å². The van der Waals surface area contributed by atoms with Crippen LogP contribution in [-0.2, 0) is 6.54 Å². The Morgan fingerprint density at radius 2 is 2.04 bits per heavy atom. The van der Waals surface area contributed by atoms with Gasteiger partial charge in [0.1, 0.15) is 0 Å². The Morgan fingerprint density at radius 3 is 2.65 bits per heavy atom. The molecule has 1 N–H and O–H groups in total. The molecule has 126 valence electrons. The number of aliphatic hydroxyl groups is 1. The summed E-state index contributed by atoms with van der Waals surface area (Å²) >= 11 is 1.35. The van der Waals surface area contributed by atoms with Crippen LogP contribution in [0.25, 0.3) is 4.96 Å². The zero-order valence-electron chi connectivity index (χ0n) is 12.4. The van der Waals surface area contributed by atoms with Gasteiger partial charge in [0, 0.05) is 36.8 Å². The Balaban J connectivity index is 1.73. The molecule has 1 aliphatic rings. The van der Waals surface area contributed by atoms with Gasteiger partial charge in [0.05, 0.1) is 5.69 Å². The van der Waals surface area contributed by atoms with E-state index in [1.54, 1.807) is 4.90 Å². The van der Waals surface area contributed by atoms with Crippen LogP contribution in [0.1, 0.15) is 24.2 Å². The summed E-state index contributed by atoms with van der Waals surface area (Å²) in [5.41, 5.74) is -1.45. The van der Waals surface area contributed by atoms with Gasteiger partial charge in [-0.3, -0.25) is 14.1 Å². The van der Waals surface area contributed by atoms with Crippen LogP contribution in [0.2, 0.25) is 0 Å². The molecule has 0 aromatic carbocycles. The molecular weight excluding hydrogens is 331 g/mol. The fourth-order valence-electron chi connectivity index (χ4n) is 2.78. The van der Waals surface area contributed by atoms with E-state index in [2.05, 4.69) is 4.98 Å². The number of hydrogen-bond acceptors (Lipinski definition) is 5. The standard InChI is InChI=1S/C14H16F3N3O2S/c1-9-8-23-12-18-10(6-11(21)20(9)12)7-19-4-2-13(22,3-5-19)14(15,16)17/h6,8,22H,2-5,7H2,1H3. The molecule has 0 spiro atoms. The van der Waals surface area contributed by atoms with Crippen molar-refractivity contribution in [2.45, 2.75) is 38.1 Å². The predicted octanol–water partition coefficient (Wildman–Crippen LogP) is 1.95. The van der Waals surface area contributed by atoms with E-state index in [1.807, 2.05) is 12.3 Å². The Morgan fingerprint density at radius 1 is 1.39 bits per heavy atom. The molecule has 1 fully saturated rings. The summed E-state index contributed by atoms with van der Waals surface area (Å²) in [4.78, 5) is 18.8. The van der Waals surface area contributed by atoms with Crippen molar-refractivity contribution in [1.29, 1.82) is 0 Å². The second-order valence-electron chi connectivity index (χ2n) is 5.89. The second-order valence-corrected chi connectivity index (χ2v) is 6.72. The number of fused-ring (bicyclic) bond motifs is 1. The normalized spacial score (nSPS) is 19.3. The van der Waals surface area contributed by atoms with E-state index in [0.717, 1.165) is 5.69 Å². The van der Waals surface area contributed by atoms with Gasteiger partial charge in [-0.15, -0.1) is 11.3 Å². The van der Waals surface area contributed by atoms with Crippen molar-refractivity contribution in [3.63, 3.8) is 0 Å². The summed E-state index contributed by atoms with van der Waals surface area (Å²) in [7, 11) is 0. The van der Waals surface area contributed by atoms with Gasteiger partial charge in [-0.2, -0.15) is 13.2 Å². The third-order valence-electron chi connectivity index (χ3n) is 4.23. The van der Waals surface area contributed by atoms with Gasteiger partial charge >= 0.3 is 6.18 Å². The molecule has 23 heavy (non-hydrogen) atoms. The van der Waals surface area contributed by atoms with Crippen molar-refractivity contribution in [2.75, 3.05) is 13.1 Å². The van der Waals surface area contributed by atoms with E-state index in [4.69, 9.17) is 0 Å². The van der Waals surface area contributed by atoms with Crippen molar-refractivity contribution >= 4 is 16.3 Å². The van der Waals surface area contributed by atoms with E-state index < -0.39 is 11.8 Å². The van der Waals surface area contributed by atoms with E-state index in [-0.39, 0.29) is 31.5 Å². The minimum absolute atomic E-state index is 0.112. The van der Waals surface area contributed by atoms with E-state index in [0.29, 0.717) is 17.2 Å². The number of alkyl halides is 3. The smallest absolute Gasteiger partial charge is 0.380 e. The number of nitrogens with zero attached hydrogens (tertiary/aromatic N) is 3. The van der Waals surface area contributed by atoms with Crippen LogP contribution in [0.15, 0.2) is 16.2 Å². The fourth-order valence-corrected chi connectivity index (χ4v) is 3.67. The van der Waals surface area contributed by atoms with Crippen molar-refractivity contribution in [2.24, 2.45) is 0 Å². The molecule has 0 saturated carbocycles. The molecule has 0 unspecified atom stereocenters. The maximum absolute atomic E-state index is 12.8. The summed E-state index contributed by atoms with van der Waals surface area (Å²) in [6.45, 7) is 2.34. The average Bonchev–Trinajstić information content (AvgIpc) is 2.82. The molecule has 3 heterocycles. The first-order chi connectivity index (χ1) is 10.7. The molecule has 0 aliphatic carbocycles. The second kappa shape index (κ2) is 5.57. The zero-order chi connectivity index (χ0) is 16.8. The summed E-state index contributed by atoms with van der Waals surface area (Å²) in [5.74, 6) is 0. The highest BCUT2D eigenvalue weighted by molar-refractivity contribution is 7.15. The van der Waals surface area contributed by atoms with Gasteiger partial charge in [0.25, 0.3) is 5.56 Å². The third kappa shape index (κ3) is 3.00. The largest absolute Gasteiger partial charge is 0.417 e. The highest BCUT2D eigenvalue weighted by atomic mass is 32.1. The first-order valence-electron chi connectivity index (χ1n) is 7.18. The molecule has 0 atom stereocenters. The summed E-state index contributed by atoms with van der Waals surface area (Å²) < 4.78 is 39.9. The molecule has 3 rings (SSSR count). The van der Waals surface area contributed by atoms with Crippen molar-refractivity contribution in [3.8, 4) is 0 Å². The van der Waals surface area contributed by atoms with Crippen molar-refractivity contribution < 1.29 is 18.3 Å². The van der Waals surface area contributed by atoms with Crippen LogP contribution >= 0.6 is 11.3 Å². The lowest BCUT2D eigenvalue weighted by Crippen LogP contribution is -2.53. The lowest BCUT2D eigenvalue weighted by Gasteiger charge is -2.38. The number of halogens is 3. The minimum atomic E-state index is -4.61. The maximum atomic E-state index is 12.8. The molecule has 2 aromatic rings. The Bertz CT molecular complexity index is 776. The van der Waals surface area contributed by atoms with E-state index in [9.17, 15) is 23.1 Å². The molecule has 0 amide bonds. The highest BCUT2D eigenvalue weighted by Crippen LogP contribution is 2.38. The van der Waals surface area contributed by atoms with Gasteiger partial charge in [-0.05, 0) is 19.8 Å². The summed E-state index contributed by atoms with van der Waals surface area (Å²) in [6.07, 6.45) is -5.34. The topological polar surface area (TPSA) is 57.8 Å². The molecule has 2 aromatic heterocycles. The zero-order valence-corrected chi connectivity index (χ0v) is 13.2. The molecule has 0 bridgehead atoms. The van der Waals surface area contributed by atoms with Crippen LogP contribution < -0.4 is 5.56 Å². The number of hydrogen-bond donors (Lipinski definition) is 1. The molecule has 9 heteroatoms. The lowest BCUT2D eigenvalue weighted by molar-refractivity contribution is -0.272. The van der Waals surface area contributed by atoms with Crippen LogP contribution in [-0.4, -0.2) is 44.3 Å². The van der Waals surface area contributed by atoms with Gasteiger partial charge in [0.2, 0.25) is 0 Å². The van der Waals surface area contributed by atoms with Gasteiger partial charge in [-0.1, -0.05) is 0 Å². The van der Waals surface area contributed by atoms with Crippen LogP contribution in [0.4, 0.5) is 13.2 Å². The summed E-state index contributed by atoms with van der Waals surface area (Å²) in [5, 5.41) is 11.5. The van der Waals surface area contributed by atoms with E-state index >= 15 is 0 Å². The van der Waals surface area contributed by atoms with Crippen molar-refractivity contribution in [1.82, 2.24) is 14.3 Å². The predicted molar refractivity (Wildman–Crippen MR) is 79.6 cm³/mol. The Kier molecular flexibility index (Phi) is 3.97. The third-order valence-corrected chi connectivity index (χ3v) is 5.17. The number of rotatable bonds is 2. The van der Waals surface area contributed by atoms with E-state index in [1.165, 1.54) is 21.8 Å². The lowest BCUT2D eigenvalue weighted by atomic mass is 9.91. The first-order valence-corrected chi connectivity index (χ1v) is 8.06. The molecule has 5 nitrogen and oxygen atoms in total. The quantitative estimate of drug-likeness (QED) is 0.902. The molecule has 1 aliphatic heterocycles. The van der Waals surface area contributed by atoms with Gasteiger partial charge in [-0.25, -0.2) is 4.98 Å². The number of likely N-dealkylation sites (tertiary alicyclic amines) is 1.